The molecule has 0 aromatic heterocycles. The van der Waals surface area contributed by atoms with Crippen molar-refractivity contribution in [2.75, 3.05) is 29.9 Å². The summed E-state index contributed by atoms with van der Waals surface area (Å²) in [6.07, 6.45) is 7.52. The standard InChI is InChI=1S/C17H24N2O/c1-2-6-16-15(5-1)18-10-4-11-19(16)14-7-12-20-17(13-14)8-3-9-17/h1-2,5-6,14,18H,3-4,7-13H2. The molecule has 2 fully saturated rings. The van der Waals surface area contributed by atoms with E-state index in [1.165, 1.54) is 56.4 Å². The summed E-state index contributed by atoms with van der Waals surface area (Å²) in [6.45, 7) is 3.20. The van der Waals surface area contributed by atoms with Crippen molar-refractivity contribution < 1.29 is 4.74 Å². The fraction of sp³-hybridized carbons (Fsp3) is 0.647. The Labute approximate surface area is 121 Å². The summed E-state index contributed by atoms with van der Waals surface area (Å²) in [5, 5.41) is 3.57. The van der Waals surface area contributed by atoms with Crippen molar-refractivity contribution in [1.82, 2.24) is 0 Å². The molecule has 0 amide bonds. The summed E-state index contributed by atoms with van der Waals surface area (Å²) in [5.74, 6) is 0. The summed E-state index contributed by atoms with van der Waals surface area (Å²) in [4.78, 5) is 2.65. The molecule has 1 spiro atoms. The quantitative estimate of drug-likeness (QED) is 0.848. The zero-order valence-electron chi connectivity index (χ0n) is 12.1. The Morgan fingerprint density at radius 3 is 2.95 bits per heavy atom. The lowest BCUT2D eigenvalue weighted by Crippen LogP contribution is -2.52. The van der Waals surface area contributed by atoms with Crippen LogP contribution in [0.15, 0.2) is 24.3 Å². The molecule has 1 saturated carbocycles. The van der Waals surface area contributed by atoms with Gasteiger partial charge in [-0.1, -0.05) is 12.1 Å². The highest BCUT2D eigenvalue weighted by Gasteiger charge is 2.44. The van der Waals surface area contributed by atoms with Crippen LogP contribution in [0.4, 0.5) is 11.4 Å². The number of nitrogens with one attached hydrogen (secondary N) is 1. The second-order valence-corrected chi connectivity index (χ2v) is 6.52. The minimum atomic E-state index is 0.234. The Hall–Kier alpha value is -1.22. The zero-order valence-corrected chi connectivity index (χ0v) is 12.1. The van der Waals surface area contributed by atoms with Crippen molar-refractivity contribution in [3.63, 3.8) is 0 Å². The Kier molecular flexibility index (Phi) is 3.10. The molecule has 1 unspecified atom stereocenters. The van der Waals surface area contributed by atoms with Gasteiger partial charge in [0.25, 0.3) is 0 Å². The molecule has 1 aromatic carbocycles. The minimum Gasteiger partial charge on any atom is -0.383 e. The third kappa shape index (κ3) is 2.08. The van der Waals surface area contributed by atoms with Gasteiger partial charge in [0, 0.05) is 25.7 Å². The molecule has 2 aliphatic heterocycles. The molecule has 3 heteroatoms. The number of anilines is 2. The zero-order chi connectivity index (χ0) is 13.4. The SMILES string of the molecule is c1ccc2c(c1)NCCCN2C1CCOC2(CCC2)C1. The molecular formula is C17H24N2O. The van der Waals surface area contributed by atoms with E-state index in [0.29, 0.717) is 6.04 Å². The van der Waals surface area contributed by atoms with Crippen molar-refractivity contribution in [3.8, 4) is 0 Å². The summed E-state index contributed by atoms with van der Waals surface area (Å²) >= 11 is 0. The van der Waals surface area contributed by atoms with Crippen LogP contribution in [0, 0.1) is 0 Å². The summed E-state index contributed by atoms with van der Waals surface area (Å²) < 4.78 is 6.10. The first-order valence-corrected chi connectivity index (χ1v) is 8.10. The Bertz CT molecular complexity index is 484. The maximum absolute atomic E-state index is 6.10. The molecule has 1 saturated heterocycles. The predicted octanol–water partition coefficient (Wildman–Crippen LogP) is 3.41. The summed E-state index contributed by atoms with van der Waals surface area (Å²) in [5.41, 5.74) is 2.93. The molecule has 0 bridgehead atoms. The molecule has 1 aliphatic carbocycles. The highest BCUT2D eigenvalue weighted by atomic mass is 16.5. The van der Waals surface area contributed by atoms with Gasteiger partial charge < -0.3 is 15.0 Å². The lowest BCUT2D eigenvalue weighted by Gasteiger charge is -2.50. The molecule has 2 heterocycles. The third-order valence-corrected chi connectivity index (χ3v) is 5.28. The second kappa shape index (κ2) is 4.96. The lowest BCUT2D eigenvalue weighted by atomic mass is 9.73. The average Bonchev–Trinajstić information content (AvgIpc) is 2.68. The molecule has 3 aliphatic rings. The predicted molar refractivity (Wildman–Crippen MR) is 82.5 cm³/mol. The molecule has 3 nitrogen and oxygen atoms in total. The monoisotopic (exact) mass is 272 g/mol. The average molecular weight is 272 g/mol. The maximum atomic E-state index is 6.10. The van der Waals surface area contributed by atoms with Crippen molar-refractivity contribution in [2.45, 2.75) is 50.2 Å². The first-order valence-electron chi connectivity index (χ1n) is 8.10. The number of para-hydroxylation sites is 2. The van der Waals surface area contributed by atoms with Crippen LogP contribution in [0.5, 0.6) is 0 Å². The minimum absolute atomic E-state index is 0.234. The Morgan fingerprint density at radius 1 is 1.20 bits per heavy atom. The van der Waals surface area contributed by atoms with Crippen molar-refractivity contribution in [2.24, 2.45) is 0 Å². The summed E-state index contributed by atoms with van der Waals surface area (Å²) in [6, 6.07) is 9.44. The Morgan fingerprint density at radius 2 is 2.10 bits per heavy atom. The van der Waals surface area contributed by atoms with Gasteiger partial charge in [-0.3, -0.25) is 0 Å². The van der Waals surface area contributed by atoms with Crippen LogP contribution in [0.1, 0.15) is 38.5 Å². The normalized spacial score (nSPS) is 28.2. The molecule has 108 valence electrons. The smallest absolute Gasteiger partial charge is 0.0702 e. The highest BCUT2D eigenvalue weighted by molar-refractivity contribution is 5.71. The number of rotatable bonds is 1. The number of fused-ring (bicyclic) bond motifs is 1. The van der Waals surface area contributed by atoms with Crippen LogP contribution in [0.2, 0.25) is 0 Å². The molecule has 1 atom stereocenters. The van der Waals surface area contributed by atoms with E-state index < -0.39 is 0 Å². The largest absolute Gasteiger partial charge is 0.383 e. The van der Waals surface area contributed by atoms with Crippen molar-refractivity contribution >= 4 is 11.4 Å². The van der Waals surface area contributed by atoms with E-state index in [1.807, 2.05) is 0 Å². The van der Waals surface area contributed by atoms with E-state index in [9.17, 15) is 0 Å². The molecular weight excluding hydrogens is 248 g/mol. The number of nitrogens with zero attached hydrogens (tertiary/aromatic N) is 1. The molecule has 1 N–H and O–H groups in total. The molecule has 0 radical (unpaired) electrons. The lowest BCUT2D eigenvalue weighted by molar-refractivity contribution is -0.132. The van der Waals surface area contributed by atoms with Gasteiger partial charge in [-0.15, -0.1) is 0 Å². The van der Waals surface area contributed by atoms with Gasteiger partial charge in [-0.25, -0.2) is 0 Å². The molecule has 20 heavy (non-hydrogen) atoms. The number of ether oxygens (including phenoxy) is 1. The van der Waals surface area contributed by atoms with E-state index in [4.69, 9.17) is 4.74 Å². The third-order valence-electron chi connectivity index (χ3n) is 5.28. The van der Waals surface area contributed by atoms with Gasteiger partial charge >= 0.3 is 0 Å². The van der Waals surface area contributed by atoms with Gasteiger partial charge in [0.05, 0.1) is 17.0 Å². The fourth-order valence-corrected chi connectivity index (χ4v) is 4.03. The van der Waals surface area contributed by atoms with Crippen molar-refractivity contribution in [3.05, 3.63) is 24.3 Å². The number of hydrogen-bond acceptors (Lipinski definition) is 3. The van der Waals surface area contributed by atoms with Crippen LogP contribution in [-0.4, -0.2) is 31.3 Å². The van der Waals surface area contributed by atoms with Gasteiger partial charge in [-0.05, 0) is 50.7 Å². The fourth-order valence-electron chi connectivity index (χ4n) is 4.03. The first kappa shape index (κ1) is 12.5. The number of hydrogen-bond donors (Lipinski definition) is 1. The van der Waals surface area contributed by atoms with Gasteiger partial charge in [-0.2, -0.15) is 0 Å². The van der Waals surface area contributed by atoms with Crippen LogP contribution in [-0.2, 0) is 4.74 Å². The molecule has 4 rings (SSSR count). The van der Waals surface area contributed by atoms with Crippen molar-refractivity contribution in [1.29, 1.82) is 0 Å². The van der Waals surface area contributed by atoms with Gasteiger partial charge in [0.15, 0.2) is 0 Å². The number of benzene rings is 1. The van der Waals surface area contributed by atoms with Crippen LogP contribution < -0.4 is 10.2 Å². The van der Waals surface area contributed by atoms with Crippen LogP contribution in [0.25, 0.3) is 0 Å². The van der Waals surface area contributed by atoms with E-state index in [2.05, 4.69) is 34.5 Å². The first-order chi connectivity index (χ1) is 9.86. The highest BCUT2D eigenvalue weighted by Crippen LogP contribution is 2.44. The second-order valence-electron chi connectivity index (χ2n) is 6.52. The van der Waals surface area contributed by atoms with Gasteiger partial charge in [0.1, 0.15) is 0 Å². The Balaban J connectivity index is 1.60. The van der Waals surface area contributed by atoms with E-state index in [0.717, 1.165) is 13.2 Å². The molecule has 1 aromatic rings. The topological polar surface area (TPSA) is 24.5 Å². The summed E-state index contributed by atoms with van der Waals surface area (Å²) in [7, 11) is 0. The van der Waals surface area contributed by atoms with E-state index >= 15 is 0 Å². The van der Waals surface area contributed by atoms with Gasteiger partial charge in [0.2, 0.25) is 0 Å². The van der Waals surface area contributed by atoms with E-state index in [-0.39, 0.29) is 5.60 Å². The van der Waals surface area contributed by atoms with Crippen LogP contribution >= 0.6 is 0 Å². The van der Waals surface area contributed by atoms with Crippen LogP contribution in [0.3, 0.4) is 0 Å². The van der Waals surface area contributed by atoms with E-state index in [1.54, 1.807) is 0 Å². The maximum Gasteiger partial charge on any atom is 0.0702 e.